The zero-order chi connectivity index (χ0) is 13.2. The third-order valence-electron chi connectivity index (χ3n) is 3.22. The van der Waals surface area contributed by atoms with Crippen molar-refractivity contribution in [2.24, 2.45) is 5.41 Å². The monoisotopic (exact) mass is 318 g/mol. The number of hydrogen-bond acceptors (Lipinski definition) is 2. The van der Waals surface area contributed by atoms with Crippen LogP contribution in [0.3, 0.4) is 0 Å². The lowest BCUT2D eigenvalue weighted by Gasteiger charge is -2.36. The summed E-state index contributed by atoms with van der Waals surface area (Å²) in [7, 11) is 2.07. The second-order valence-corrected chi connectivity index (χ2v) is 6.61. The van der Waals surface area contributed by atoms with Crippen LogP contribution in [0.1, 0.15) is 33.3 Å². The first-order valence-corrected chi connectivity index (χ1v) is 7.03. The third-order valence-corrected chi connectivity index (χ3v) is 3.94. The number of rotatable bonds is 3. The molecule has 1 unspecified atom stereocenters. The Labute approximate surface area is 118 Å². The van der Waals surface area contributed by atoms with Crippen LogP contribution in [0.5, 0.6) is 0 Å². The van der Waals surface area contributed by atoms with E-state index in [1.54, 1.807) is 0 Å². The Morgan fingerprint density at radius 1 is 1.47 bits per heavy atom. The van der Waals surface area contributed by atoms with E-state index in [-0.39, 0.29) is 5.41 Å². The molecule has 0 spiro atoms. The first kappa shape index (κ1) is 14.8. The molecule has 0 aliphatic rings. The molecular weight excluding hydrogens is 300 g/mol. The zero-order valence-corrected chi connectivity index (χ0v) is 13.4. The molecule has 0 N–H and O–H groups in total. The second-order valence-electron chi connectivity index (χ2n) is 5.42. The Bertz CT molecular complexity index is 387. The van der Waals surface area contributed by atoms with Crippen LogP contribution >= 0.6 is 27.5 Å². The first-order valence-electron chi connectivity index (χ1n) is 5.70. The minimum atomic E-state index is 0.201. The van der Waals surface area contributed by atoms with Gasteiger partial charge in [0.2, 0.25) is 0 Å². The summed E-state index contributed by atoms with van der Waals surface area (Å²) in [6, 6.07) is 2.42. The number of aromatic nitrogens is 1. The summed E-state index contributed by atoms with van der Waals surface area (Å²) < 4.78 is 0.966. The van der Waals surface area contributed by atoms with E-state index in [0.29, 0.717) is 11.9 Å². The largest absolute Gasteiger partial charge is 0.356 e. The number of alkyl halides is 1. The summed E-state index contributed by atoms with van der Waals surface area (Å²) in [5.41, 5.74) is 1.26. The van der Waals surface area contributed by atoms with Gasteiger partial charge in [0, 0.05) is 29.3 Å². The van der Waals surface area contributed by atoms with Crippen LogP contribution in [0.15, 0.2) is 16.7 Å². The minimum absolute atomic E-state index is 0.201. The van der Waals surface area contributed by atoms with E-state index in [4.69, 9.17) is 11.6 Å². The molecule has 96 valence electrons. The molecule has 0 bridgehead atoms. The van der Waals surface area contributed by atoms with Gasteiger partial charge in [-0.3, -0.25) is 0 Å². The van der Waals surface area contributed by atoms with Crippen molar-refractivity contribution in [1.29, 1.82) is 0 Å². The van der Waals surface area contributed by atoms with Gasteiger partial charge in [0.05, 0.1) is 5.88 Å². The summed E-state index contributed by atoms with van der Waals surface area (Å²) in [6.45, 7) is 8.90. The molecule has 0 amide bonds. The van der Waals surface area contributed by atoms with Crippen molar-refractivity contribution in [3.05, 3.63) is 22.3 Å². The average molecular weight is 320 g/mol. The summed E-state index contributed by atoms with van der Waals surface area (Å²) in [6.07, 6.45) is 1.82. The highest BCUT2D eigenvalue weighted by Gasteiger charge is 2.25. The van der Waals surface area contributed by atoms with Gasteiger partial charge in [-0.1, -0.05) is 20.8 Å². The van der Waals surface area contributed by atoms with Crippen LogP contribution in [-0.4, -0.2) is 18.1 Å². The number of halogens is 2. The van der Waals surface area contributed by atoms with Gasteiger partial charge in [-0.25, -0.2) is 4.98 Å². The normalized spacial score (nSPS) is 13.6. The van der Waals surface area contributed by atoms with Gasteiger partial charge < -0.3 is 4.90 Å². The molecule has 1 aromatic rings. The molecule has 0 saturated carbocycles. The van der Waals surface area contributed by atoms with E-state index >= 15 is 0 Å². The molecule has 1 rings (SSSR count). The van der Waals surface area contributed by atoms with Crippen LogP contribution in [0.4, 0.5) is 5.82 Å². The van der Waals surface area contributed by atoms with Crippen molar-refractivity contribution in [2.45, 2.75) is 39.6 Å². The second kappa shape index (κ2) is 5.57. The number of pyridine rings is 1. The zero-order valence-electron chi connectivity index (χ0n) is 11.1. The number of nitrogens with zero attached hydrogens (tertiary/aromatic N) is 2. The van der Waals surface area contributed by atoms with Crippen LogP contribution in [0.25, 0.3) is 0 Å². The number of anilines is 1. The lowest BCUT2D eigenvalue weighted by molar-refractivity contribution is 0.328. The molecule has 4 heteroatoms. The third kappa shape index (κ3) is 3.59. The van der Waals surface area contributed by atoms with E-state index in [1.165, 1.54) is 0 Å². The van der Waals surface area contributed by atoms with Gasteiger partial charge in [0.25, 0.3) is 0 Å². The highest BCUT2D eigenvalue weighted by Crippen LogP contribution is 2.29. The maximum atomic E-state index is 5.98. The molecule has 2 nitrogen and oxygen atoms in total. The molecule has 17 heavy (non-hydrogen) atoms. The SMILES string of the molecule is CC(N(C)c1ncc(Br)cc1CCl)C(C)(C)C. The highest BCUT2D eigenvalue weighted by atomic mass is 79.9. The van der Waals surface area contributed by atoms with Crippen LogP contribution in [-0.2, 0) is 5.88 Å². The highest BCUT2D eigenvalue weighted by molar-refractivity contribution is 9.10. The van der Waals surface area contributed by atoms with Gasteiger partial charge in [-0.2, -0.15) is 0 Å². The first-order chi connectivity index (χ1) is 7.77. The molecule has 1 atom stereocenters. The predicted molar refractivity (Wildman–Crippen MR) is 78.8 cm³/mol. The van der Waals surface area contributed by atoms with Gasteiger partial charge >= 0.3 is 0 Å². The molecule has 0 radical (unpaired) electrons. The van der Waals surface area contributed by atoms with Crippen molar-refractivity contribution in [3.63, 3.8) is 0 Å². The molecule has 0 aliphatic carbocycles. The molecule has 0 aliphatic heterocycles. The Morgan fingerprint density at radius 3 is 2.53 bits per heavy atom. The van der Waals surface area contributed by atoms with Crippen molar-refractivity contribution >= 4 is 33.3 Å². The Kier molecular flexibility index (Phi) is 4.85. The molecule has 0 aromatic carbocycles. The van der Waals surface area contributed by atoms with Crippen molar-refractivity contribution in [2.75, 3.05) is 11.9 Å². The van der Waals surface area contributed by atoms with Crippen LogP contribution in [0.2, 0.25) is 0 Å². The fourth-order valence-electron chi connectivity index (χ4n) is 1.65. The minimum Gasteiger partial charge on any atom is -0.356 e. The quantitative estimate of drug-likeness (QED) is 0.765. The molecule has 1 aromatic heterocycles. The Balaban J connectivity index is 3.08. The molecule has 1 heterocycles. The fraction of sp³-hybridized carbons (Fsp3) is 0.615. The fourth-order valence-corrected chi connectivity index (χ4v) is 2.23. The topological polar surface area (TPSA) is 16.1 Å². The predicted octanol–water partition coefficient (Wildman–Crippen LogP) is 4.45. The lowest BCUT2D eigenvalue weighted by atomic mass is 9.87. The van der Waals surface area contributed by atoms with E-state index in [0.717, 1.165) is 15.9 Å². The van der Waals surface area contributed by atoms with E-state index in [2.05, 4.69) is 60.6 Å². The van der Waals surface area contributed by atoms with Crippen molar-refractivity contribution < 1.29 is 0 Å². The van der Waals surface area contributed by atoms with E-state index in [1.807, 2.05) is 12.3 Å². The maximum absolute atomic E-state index is 5.98. The van der Waals surface area contributed by atoms with Crippen molar-refractivity contribution in [1.82, 2.24) is 4.98 Å². The van der Waals surface area contributed by atoms with Gasteiger partial charge in [-0.15, -0.1) is 11.6 Å². The smallest absolute Gasteiger partial charge is 0.133 e. The van der Waals surface area contributed by atoms with Gasteiger partial charge in [0.15, 0.2) is 0 Å². The lowest BCUT2D eigenvalue weighted by Crippen LogP contribution is -2.40. The molecule has 0 fully saturated rings. The molecular formula is C13H20BrClN2. The van der Waals surface area contributed by atoms with E-state index in [9.17, 15) is 0 Å². The number of hydrogen-bond donors (Lipinski definition) is 0. The Hall–Kier alpha value is -0.280. The van der Waals surface area contributed by atoms with E-state index < -0.39 is 0 Å². The van der Waals surface area contributed by atoms with Crippen LogP contribution < -0.4 is 4.90 Å². The summed E-state index contributed by atoms with van der Waals surface area (Å²) in [5.74, 6) is 1.44. The van der Waals surface area contributed by atoms with Crippen LogP contribution in [0, 0.1) is 5.41 Å². The molecule has 0 saturated heterocycles. The maximum Gasteiger partial charge on any atom is 0.133 e. The standard InChI is InChI=1S/C13H20BrClN2/c1-9(13(2,3)4)17(5)12-10(7-15)6-11(14)8-16-12/h6,8-9H,7H2,1-5H3. The summed E-state index contributed by atoms with van der Waals surface area (Å²) in [5, 5.41) is 0. The average Bonchev–Trinajstić information content (AvgIpc) is 2.25. The summed E-state index contributed by atoms with van der Waals surface area (Å²) in [4.78, 5) is 6.68. The summed E-state index contributed by atoms with van der Waals surface area (Å²) >= 11 is 9.40. The Morgan fingerprint density at radius 2 is 2.06 bits per heavy atom. The van der Waals surface area contributed by atoms with Gasteiger partial charge in [0.1, 0.15) is 5.82 Å². The van der Waals surface area contributed by atoms with Crippen molar-refractivity contribution in [3.8, 4) is 0 Å². The van der Waals surface area contributed by atoms with Gasteiger partial charge in [-0.05, 0) is 34.3 Å².